The van der Waals surface area contributed by atoms with Crippen molar-refractivity contribution >= 4 is 20.1 Å². The molecule has 4 nitrogen and oxygen atoms in total. The lowest BCUT2D eigenvalue weighted by Gasteiger charge is -2.37. The summed E-state index contributed by atoms with van der Waals surface area (Å²) in [6, 6.07) is 0. The van der Waals surface area contributed by atoms with Crippen LogP contribution >= 0.6 is 0 Å². The van der Waals surface area contributed by atoms with Crippen LogP contribution in [0.2, 0.25) is 18.1 Å². The molecule has 142 valence electrons. The Morgan fingerprint density at radius 2 is 1.96 bits per heavy atom. The van der Waals surface area contributed by atoms with Crippen LogP contribution < -0.4 is 0 Å². The van der Waals surface area contributed by atoms with E-state index in [-0.39, 0.29) is 16.9 Å². The Kier molecular flexibility index (Phi) is 8.36. The number of rotatable bonds is 7. The summed E-state index contributed by atoms with van der Waals surface area (Å²) in [7, 11) is -0.384. The number of Topliss-reactive ketones (excluding diaryl/α,β-unsaturated/α-hetero) is 1. The Balaban J connectivity index is 2.47. The largest absolute Gasteiger partial charge is 0.469 e. The van der Waals surface area contributed by atoms with Crippen molar-refractivity contribution in [1.82, 2.24) is 0 Å². The van der Waals surface area contributed by atoms with E-state index in [0.717, 1.165) is 6.42 Å². The smallest absolute Gasteiger partial charge is 0.305 e. The maximum Gasteiger partial charge on any atom is 0.305 e. The van der Waals surface area contributed by atoms with Gasteiger partial charge < -0.3 is 9.16 Å². The summed E-state index contributed by atoms with van der Waals surface area (Å²) >= 11 is 0. The molecule has 1 fully saturated rings. The number of carbonyl (C=O) groups is 2. The third-order valence-corrected chi connectivity index (χ3v) is 10.1. The number of carbonyl (C=O) groups excluding carboxylic acids is 2. The molecule has 0 spiro atoms. The van der Waals surface area contributed by atoms with Gasteiger partial charge in [0.25, 0.3) is 0 Å². The Morgan fingerprint density at radius 1 is 1.28 bits per heavy atom. The minimum absolute atomic E-state index is 0.0119. The van der Waals surface area contributed by atoms with Gasteiger partial charge >= 0.3 is 5.97 Å². The van der Waals surface area contributed by atoms with Crippen molar-refractivity contribution in [2.24, 2.45) is 11.8 Å². The topological polar surface area (TPSA) is 52.6 Å². The lowest BCUT2D eigenvalue weighted by molar-refractivity contribution is -0.140. The van der Waals surface area contributed by atoms with Crippen LogP contribution in [0.25, 0.3) is 0 Å². The molecule has 25 heavy (non-hydrogen) atoms. The van der Waals surface area contributed by atoms with Gasteiger partial charge in [0, 0.05) is 38.2 Å². The van der Waals surface area contributed by atoms with Gasteiger partial charge in [-0.2, -0.15) is 0 Å². The van der Waals surface area contributed by atoms with Gasteiger partial charge in [-0.1, -0.05) is 20.8 Å². The monoisotopic (exact) mass is 366 g/mol. The van der Waals surface area contributed by atoms with Gasteiger partial charge in [0.05, 0.1) is 7.11 Å². The molecule has 1 aliphatic rings. The highest BCUT2D eigenvalue weighted by Gasteiger charge is 2.40. The Labute approximate surface area is 154 Å². The van der Waals surface area contributed by atoms with Crippen LogP contribution in [0.3, 0.4) is 0 Å². The molecule has 1 rings (SSSR count). The highest BCUT2D eigenvalue weighted by Crippen LogP contribution is 2.38. The molecule has 0 aromatic carbocycles. The number of hydrogen-bond donors (Lipinski definition) is 0. The summed E-state index contributed by atoms with van der Waals surface area (Å²) in [4.78, 5) is 23.2. The van der Waals surface area contributed by atoms with E-state index in [2.05, 4.69) is 50.4 Å². The predicted molar refractivity (Wildman–Crippen MR) is 103 cm³/mol. The summed E-state index contributed by atoms with van der Waals surface area (Å²) in [5.41, 5.74) is 0. The van der Waals surface area contributed by atoms with E-state index in [1.54, 1.807) is 0 Å². The Morgan fingerprint density at radius 3 is 2.56 bits per heavy atom. The van der Waals surface area contributed by atoms with Crippen molar-refractivity contribution < 1.29 is 18.8 Å². The van der Waals surface area contributed by atoms with Crippen LogP contribution in [0.5, 0.6) is 0 Å². The summed E-state index contributed by atoms with van der Waals surface area (Å²) in [6.07, 6.45) is 3.96. The molecule has 1 saturated carbocycles. The zero-order chi connectivity index (χ0) is 19.1. The van der Waals surface area contributed by atoms with Crippen LogP contribution in [0.15, 0.2) is 0 Å². The lowest BCUT2D eigenvalue weighted by Crippen LogP contribution is -2.42. The molecule has 0 aromatic heterocycles. The van der Waals surface area contributed by atoms with Gasteiger partial charge in [-0.15, -0.1) is 11.8 Å². The second kappa shape index (κ2) is 9.54. The van der Waals surface area contributed by atoms with E-state index in [9.17, 15) is 9.59 Å². The minimum Gasteiger partial charge on any atom is -0.469 e. The summed E-state index contributed by atoms with van der Waals surface area (Å²) in [5, 5.41) is 0.185. The number of ether oxygens (including phenoxy) is 1. The second-order valence-corrected chi connectivity index (χ2v) is 13.2. The van der Waals surface area contributed by atoms with E-state index < -0.39 is 8.32 Å². The van der Waals surface area contributed by atoms with Crippen molar-refractivity contribution in [2.45, 2.75) is 77.4 Å². The molecule has 0 radical (unpaired) electrons. The van der Waals surface area contributed by atoms with Gasteiger partial charge in [-0.05, 0) is 36.9 Å². The van der Waals surface area contributed by atoms with Crippen LogP contribution in [0, 0.1) is 23.7 Å². The highest BCUT2D eigenvalue weighted by atomic mass is 28.4. The van der Waals surface area contributed by atoms with E-state index >= 15 is 0 Å². The molecule has 0 unspecified atom stereocenters. The van der Waals surface area contributed by atoms with Crippen molar-refractivity contribution in [1.29, 1.82) is 0 Å². The molecule has 0 aliphatic heterocycles. The maximum absolute atomic E-state index is 12.2. The second-order valence-electron chi connectivity index (χ2n) is 8.43. The number of ketones is 1. The van der Waals surface area contributed by atoms with Crippen molar-refractivity contribution in [2.75, 3.05) is 13.7 Å². The fraction of sp³-hybridized carbons (Fsp3) is 0.800. The van der Waals surface area contributed by atoms with Crippen LogP contribution in [0.4, 0.5) is 0 Å². The molecular formula is C20H34O4Si. The first-order valence-electron chi connectivity index (χ1n) is 9.27. The Bertz CT molecular complexity index is 522. The SMILES string of the molecule is COC(=O)CCCC#CC[C@H]1C(=O)CC[C@@H]1CO[Si](C)(C)C(C)(C)C. The summed E-state index contributed by atoms with van der Waals surface area (Å²) < 4.78 is 10.9. The molecular weight excluding hydrogens is 332 g/mol. The van der Waals surface area contributed by atoms with E-state index in [1.807, 2.05) is 0 Å². The van der Waals surface area contributed by atoms with E-state index in [4.69, 9.17) is 4.43 Å². The first-order chi connectivity index (χ1) is 11.6. The molecule has 0 aromatic rings. The quantitative estimate of drug-likeness (QED) is 0.291. The highest BCUT2D eigenvalue weighted by molar-refractivity contribution is 6.74. The molecule has 0 N–H and O–H groups in total. The zero-order valence-electron chi connectivity index (χ0n) is 16.7. The van der Waals surface area contributed by atoms with Crippen molar-refractivity contribution in [3.8, 4) is 11.8 Å². The van der Waals surface area contributed by atoms with Gasteiger partial charge in [0.1, 0.15) is 5.78 Å². The maximum atomic E-state index is 12.2. The first kappa shape index (κ1) is 21.9. The van der Waals surface area contributed by atoms with E-state index in [1.165, 1.54) is 7.11 Å². The predicted octanol–water partition coefficient (Wildman–Crippen LogP) is 4.34. The fourth-order valence-corrected chi connectivity index (χ4v) is 3.75. The zero-order valence-corrected chi connectivity index (χ0v) is 17.7. The van der Waals surface area contributed by atoms with Gasteiger partial charge in [-0.25, -0.2) is 0 Å². The molecule has 0 bridgehead atoms. The normalized spacial score (nSPS) is 21.0. The molecule has 0 saturated heterocycles. The Hall–Kier alpha value is -1.12. The number of methoxy groups -OCH3 is 1. The molecule has 0 heterocycles. The summed E-state index contributed by atoms with van der Waals surface area (Å²) in [5.74, 6) is 6.66. The third kappa shape index (κ3) is 6.95. The molecule has 2 atom stereocenters. The fourth-order valence-electron chi connectivity index (χ4n) is 2.68. The van der Waals surface area contributed by atoms with Crippen molar-refractivity contribution in [3.05, 3.63) is 0 Å². The van der Waals surface area contributed by atoms with Crippen molar-refractivity contribution in [3.63, 3.8) is 0 Å². The molecule has 5 heteroatoms. The van der Waals surface area contributed by atoms with Crippen LogP contribution in [-0.4, -0.2) is 33.8 Å². The third-order valence-electron chi connectivity index (χ3n) is 5.57. The number of esters is 1. The molecule has 0 amide bonds. The van der Waals surface area contributed by atoms with Gasteiger partial charge in [0.15, 0.2) is 8.32 Å². The van der Waals surface area contributed by atoms with E-state index in [0.29, 0.717) is 50.4 Å². The van der Waals surface area contributed by atoms with Crippen LogP contribution in [-0.2, 0) is 18.8 Å². The average Bonchev–Trinajstić information content (AvgIpc) is 2.87. The summed E-state index contributed by atoms with van der Waals surface area (Å²) in [6.45, 7) is 11.9. The number of unbranched alkanes of at least 4 members (excludes halogenated alkanes) is 1. The number of hydrogen-bond acceptors (Lipinski definition) is 4. The standard InChI is InChI=1S/C20H34O4Si/c1-20(2,3)25(5,6)24-15-16-13-14-18(21)17(16)11-9-7-8-10-12-19(22)23-4/h16-17H,8,10-15H2,1-6H3/t16-,17-/m1/s1. The molecule has 1 aliphatic carbocycles. The average molecular weight is 367 g/mol. The van der Waals surface area contributed by atoms with Gasteiger partial charge in [-0.3, -0.25) is 9.59 Å². The van der Waals surface area contributed by atoms with Gasteiger partial charge in [0.2, 0.25) is 0 Å². The van der Waals surface area contributed by atoms with Crippen LogP contribution in [0.1, 0.15) is 59.3 Å². The first-order valence-corrected chi connectivity index (χ1v) is 12.2. The minimum atomic E-state index is -1.78. The lowest BCUT2D eigenvalue weighted by atomic mass is 9.93.